The Kier molecular flexibility index (Phi) is 4.31. The highest BCUT2D eigenvalue weighted by atomic mass is 16.5. The number of ether oxygens (including phenoxy) is 1. The average molecular weight is 399 g/mol. The molecule has 0 spiro atoms. The third kappa shape index (κ3) is 3.04. The van der Waals surface area contributed by atoms with Gasteiger partial charge in [0.1, 0.15) is 5.75 Å². The van der Waals surface area contributed by atoms with Gasteiger partial charge in [-0.3, -0.25) is 4.79 Å². The lowest BCUT2D eigenvalue weighted by Gasteiger charge is -2.34. The Hall–Kier alpha value is -3.27. The summed E-state index contributed by atoms with van der Waals surface area (Å²) in [6.07, 6.45) is 1.36. The maximum atomic E-state index is 13.5. The third-order valence-corrected chi connectivity index (χ3v) is 6.16. The van der Waals surface area contributed by atoms with Gasteiger partial charge < -0.3 is 15.4 Å². The molecule has 1 aliphatic carbocycles. The van der Waals surface area contributed by atoms with E-state index in [1.165, 1.54) is 0 Å². The largest absolute Gasteiger partial charge is 0.496 e. The first-order chi connectivity index (χ1) is 14.5. The SMILES string of the molecule is COc1ccc2ccccc2c1[C@@H]1Nc2ccccc2NC2=C1C(=O)CC(C)(C)C2. The number of ketones is 1. The molecule has 0 saturated heterocycles. The van der Waals surface area contributed by atoms with E-state index in [1.807, 2.05) is 30.3 Å². The van der Waals surface area contributed by atoms with E-state index in [1.54, 1.807) is 7.11 Å². The minimum absolute atomic E-state index is 0.0738. The fourth-order valence-electron chi connectivity index (χ4n) is 4.86. The number of para-hydroxylation sites is 2. The van der Waals surface area contributed by atoms with Gasteiger partial charge >= 0.3 is 0 Å². The van der Waals surface area contributed by atoms with Crippen LogP contribution in [-0.4, -0.2) is 12.9 Å². The van der Waals surface area contributed by atoms with Crippen LogP contribution in [0.15, 0.2) is 71.9 Å². The van der Waals surface area contributed by atoms with Crippen molar-refractivity contribution in [2.75, 3.05) is 17.7 Å². The Bertz CT molecular complexity index is 1190. The van der Waals surface area contributed by atoms with Gasteiger partial charge in [-0.1, -0.05) is 56.3 Å². The summed E-state index contributed by atoms with van der Waals surface area (Å²) in [5, 5.41) is 9.49. The van der Waals surface area contributed by atoms with Crippen LogP contribution in [0.4, 0.5) is 11.4 Å². The quantitative estimate of drug-likeness (QED) is 0.550. The molecule has 0 fully saturated rings. The molecule has 0 radical (unpaired) electrons. The van der Waals surface area contributed by atoms with E-state index in [0.717, 1.165) is 51.2 Å². The number of allylic oxidation sites excluding steroid dienone is 1. The number of benzene rings is 3. The molecule has 3 aromatic carbocycles. The number of anilines is 2. The van der Waals surface area contributed by atoms with Crippen molar-refractivity contribution in [1.29, 1.82) is 0 Å². The first kappa shape index (κ1) is 18.7. The highest BCUT2D eigenvalue weighted by Crippen LogP contribution is 2.48. The van der Waals surface area contributed by atoms with Crippen molar-refractivity contribution >= 4 is 27.9 Å². The number of hydrogen-bond acceptors (Lipinski definition) is 4. The Morgan fingerprint density at radius 3 is 2.47 bits per heavy atom. The second-order valence-electron chi connectivity index (χ2n) is 8.98. The van der Waals surface area contributed by atoms with Crippen LogP contribution < -0.4 is 15.4 Å². The van der Waals surface area contributed by atoms with Crippen LogP contribution in [0.2, 0.25) is 0 Å². The minimum Gasteiger partial charge on any atom is -0.496 e. The molecule has 0 unspecified atom stereocenters. The summed E-state index contributed by atoms with van der Waals surface area (Å²) in [6.45, 7) is 4.32. The number of fused-ring (bicyclic) bond motifs is 2. The molecule has 152 valence electrons. The summed E-state index contributed by atoms with van der Waals surface area (Å²) >= 11 is 0. The molecule has 2 N–H and O–H groups in total. The molecule has 4 nitrogen and oxygen atoms in total. The fraction of sp³-hybridized carbons (Fsp3) is 0.269. The van der Waals surface area contributed by atoms with E-state index in [-0.39, 0.29) is 17.2 Å². The zero-order chi connectivity index (χ0) is 20.9. The molecule has 2 aliphatic rings. The normalized spacial score (nSPS) is 20.0. The molecular formula is C26H26N2O2. The number of methoxy groups -OCH3 is 1. The van der Waals surface area contributed by atoms with Crippen molar-refractivity contribution in [2.45, 2.75) is 32.7 Å². The van der Waals surface area contributed by atoms with E-state index in [4.69, 9.17) is 4.74 Å². The Morgan fingerprint density at radius 1 is 0.933 bits per heavy atom. The van der Waals surface area contributed by atoms with E-state index in [2.05, 4.69) is 54.8 Å². The Labute approximate surface area is 176 Å². The predicted octanol–water partition coefficient (Wildman–Crippen LogP) is 6.07. The van der Waals surface area contributed by atoms with Crippen molar-refractivity contribution in [3.05, 3.63) is 77.5 Å². The zero-order valence-electron chi connectivity index (χ0n) is 17.6. The number of carbonyl (C=O) groups excluding carboxylic acids is 1. The third-order valence-electron chi connectivity index (χ3n) is 6.16. The van der Waals surface area contributed by atoms with E-state index < -0.39 is 0 Å². The highest BCUT2D eigenvalue weighted by Gasteiger charge is 2.39. The Morgan fingerprint density at radius 2 is 1.67 bits per heavy atom. The summed E-state index contributed by atoms with van der Waals surface area (Å²) in [7, 11) is 1.69. The molecule has 1 heterocycles. The van der Waals surface area contributed by atoms with Crippen molar-refractivity contribution in [2.24, 2.45) is 5.41 Å². The van der Waals surface area contributed by atoms with Gasteiger partial charge in [0.15, 0.2) is 5.78 Å². The molecule has 0 aromatic heterocycles. The predicted molar refractivity (Wildman–Crippen MR) is 122 cm³/mol. The van der Waals surface area contributed by atoms with Crippen LogP contribution in [0, 0.1) is 5.41 Å². The van der Waals surface area contributed by atoms with Crippen LogP contribution in [-0.2, 0) is 4.79 Å². The van der Waals surface area contributed by atoms with Crippen LogP contribution in [0.3, 0.4) is 0 Å². The molecule has 4 heteroatoms. The summed E-state index contributed by atoms with van der Waals surface area (Å²) in [4.78, 5) is 13.5. The second-order valence-corrected chi connectivity index (χ2v) is 8.98. The fourth-order valence-corrected chi connectivity index (χ4v) is 4.86. The van der Waals surface area contributed by atoms with Crippen LogP contribution in [0.1, 0.15) is 38.3 Å². The summed E-state index contributed by atoms with van der Waals surface area (Å²) in [6, 6.07) is 20.2. The molecule has 1 aliphatic heterocycles. The molecule has 3 aromatic rings. The number of carbonyl (C=O) groups is 1. The maximum Gasteiger partial charge on any atom is 0.163 e. The lowest BCUT2D eigenvalue weighted by molar-refractivity contribution is -0.118. The van der Waals surface area contributed by atoms with Gasteiger partial charge in [0.2, 0.25) is 0 Å². The molecule has 0 amide bonds. The van der Waals surface area contributed by atoms with E-state index in [0.29, 0.717) is 6.42 Å². The maximum absolute atomic E-state index is 13.5. The van der Waals surface area contributed by atoms with Gasteiger partial charge in [-0.2, -0.15) is 0 Å². The van der Waals surface area contributed by atoms with Gasteiger partial charge in [0.05, 0.1) is 24.5 Å². The first-order valence-electron chi connectivity index (χ1n) is 10.4. The summed E-state index contributed by atoms with van der Waals surface area (Å²) < 4.78 is 5.80. The average Bonchev–Trinajstić information content (AvgIpc) is 2.88. The standard InChI is InChI=1S/C26H26N2O2/c1-26(2)14-20-24(21(29)15-26)25(28-19-11-7-6-10-18(19)27-20)23-17-9-5-4-8-16(17)12-13-22(23)30-3/h4-13,25,27-28H,14-15H2,1-3H3/t25-/m0/s1. The minimum atomic E-state index is -0.291. The van der Waals surface area contributed by atoms with Crippen molar-refractivity contribution in [1.82, 2.24) is 0 Å². The lowest BCUT2D eigenvalue weighted by atomic mass is 9.73. The zero-order valence-corrected chi connectivity index (χ0v) is 17.6. The second kappa shape index (κ2) is 6.91. The van der Waals surface area contributed by atoms with Gasteiger partial charge in [0, 0.05) is 23.3 Å². The number of hydrogen-bond donors (Lipinski definition) is 2. The Balaban J connectivity index is 1.80. The number of Topliss-reactive ketones (excluding diaryl/α,β-unsaturated/α-hetero) is 1. The van der Waals surface area contributed by atoms with Crippen molar-refractivity contribution in [3.8, 4) is 5.75 Å². The van der Waals surface area contributed by atoms with Gasteiger partial charge in [-0.25, -0.2) is 0 Å². The molecular weight excluding hydrogens is 372 g/mol. The topological polar surface area (TPSA) is 50.4 Å². The van der Waals surface area contributed by atoms with E-state index in [9.17, 15) is 4.79 Å². The molecule has 0 saturated carbocycles. The van der Waals surface area contributed by atoms with Crippen molar-refractivity contribution < 1.29 is 9.53 Å². The van der Waals surface area contributed by atoms with E-state index >= 15 is 0 Å². The van der Waals surface area contributed by atoms with Gasteiger partial charge in [-0.05, 0) is 40.8 Å². The molecule has 30 heavy (non-hydrogen) atoms. The summed E-state index contributed by atoms with van der Waals surface area (Å²) in [5.41, 5.74) is 4.74. The molecule has 0 bridgehead atoms. The monoisotopic (exact) mass is 398 g/mol. The van der Waals surface area contributed by atoms with Gasteiger partial charge in [-0.15, -0.1) is 0 Å². The first-order valence-corrected chi connectivity index (χ1v) is 10.4. The number of nitrogens with one attached hydrogen (secondary N) is 2. The van der Waals surface area contributed by atoms with Crippen LogP contribution in [0.25, 0.3) is 10.8 Å². The van der Waals surface area contributed by atoms with Crippen molar-refractivity contribution in [3.63, 3.8) is 0 Å². The summed E-state index contributed by atoms with van der Waals surface area (Å²) in [5.74, 6) is 0.976. The van der Waals surface area contributed by atoms with Crippen LogP contribution >= 0.6 is 0 Å². The highest BCUT2D eigenvalue weighted by molar-refractivity contribution is 6.02. The lowest BCUT2D eigenvalue weighted by Crippen LogP contribution is -2.31. The molecule has 1 atom stereocenters. The van der Waals surface area contributed by atoms with Gasteiger partial charge in [0.25, 0.3) is 0 Å². The molecule has 5 rings (SSSR count). The smallest absolute Gasteiger partial charge is 0.163 e. The number of rotatable bonds is 2. The van der Waals surface area contributed by atoms with Crippen LogP contribution in [0.5, 0.6) is 5.75 Å².